The number of H-pyrrole nitrogens is 1. The maximum absolute atomic E-state index is 12.3. The lowest BCUT2D eigenvalue weighted by Gasteiger charge is -2.03. The second kappa shape index (κ2) is 7.18. The molecule has 7 nitrogen and oxygen atoms in total. The second-order valence-electron chi connectivity index (χ2n) is 6.94. The van der Waals surface area contributed by atoms with E-state index in [0.717, 1.165) is 17.0 Å². The van der Waals surface area contributed by atoms with Crippen molar-refractivity contribution < 1.29 is 4.79 Å². The fourth-order valence-corrected chi connectivity index (χ4v) is 3.36. The molecule has 4 aromatic rings. The molecule has 8 heteroatoms. The molecule has 2 N–H and O–H groups in total. The van der Waals surface area contributed by atoms with Crippen LogP contribution in [0.4, 0.5) is 5.69 Å². The summed E-state index contributed by atoms with van der Waals surface area (Å²) >= 11 is 6.18. The molecule has 1 aliphatic carbocycles. The van der Waals surface area contributed by atoms with Gasteiger partial charge in [0.25, 0.3) is 0 Å². The quantitative estimate of drug-likeness (QED) is 0.485. The second-order valence-corrected chi connectivity index (χ2v) is 7.29. The van der Waals surface area contributed by atoms with Crippen LogP contribution in [0.25, 0.3) is 23.1 Å². The van der Waals surface area contributed by atoms with E-state index in [0.29, 0.717) is 28.3 Å². The van der Waals surface area contributed by atoms with E-state index in [-0.39, 0.29) is 5.91 Å². The van der Waals surface area contributed by atoms with Crippen molar-refractivity contribution in [1.82, 2.24) is 24.6 Å². The first-order valence-electron chi connectivity index (χ1n) is 9.32. The number of halogens is 1. The number of aromatic amines is 1. The van der Waals surface area contributed by atoms with Crippen LogP contribution in [0.15, 0.2) is 54.7 Å². The van der Waals surface area contributed by atoms with Crippen molar-refractivity contribution in [2.45, 2.75) is 18.8 Å². The van der Waals surface area contributed by atoms with Gasteiger partial charge in [-0.05, 0) is 55.3 Å². The van der Waals surface area contributed by atoms with E-state index in [9.17, 15) is 4.79 Å². The van der Waals surface area contributed by atoms with E-state index in [1.54, 1.807) is 6.08 Å². The van der Waals surface area contributed by atoms with Crippen LogP contribution in [0, 0.1) is 0 Å². The van der Waals surface area contributed by atoms with Crippen molar-refractivity contribution in [3.63, 3.8) is 0 Å². The van der Waals surface area contributed by atoms with Crippen molar-refractivity contribution in [3.8, 4) is 11.4 Å². The van der Waals surface area contributed by atoms with Gasteiger partial charge in [0.1, 0.15) is 11.5 Å². The van der Waals surface area contributed by atoms with Gasteiger partial charge in [0.05, 0.1) is 5.69 Å². The van der Waals surface area contributed by atoms with Crippen LogP contribution in [0.3, 0.4) is 0 Å². The number of hydrogen-bond acceptors (Lipinski definition) is 4. The SMILES string of the molecule is O=C(/C=C/c1c(Cl)nc2ccccn12)Nc1ccc(-c2n[nH]c(C3CC3)n2)cc1. The Morgan fingerprint density at radius 1 is 1.17 bits per heavy atom. The van der Waals surface area contributed by atoms with Gasteiger partial charge in [-0.1, -0.05) is 17.7 Å². The Labute approximate surface area is 171 Å². The zero-order chi connectivity index (χ0) is 19.8. The Balaban J connectivity index is 1.27. The predicted octanol–water partition coefficient (Wildman–Crippen LogP) is 4.30. The van der Waals surface area contributed by atoms with Gasteiger partial charge >= 0.3 is 0 Å². The van der Waals surface area contributed by atoms with Gasteiger partial charge in [-0.15, -0.1) is 0 Å². The average molecular weight is 405 g/mol. The summed E-state index contributed by atoms with van der Waals surface area (Å²) in [4.78, 5) is 21.1. The lowest BCUT2D eigenvalue weighted by molar-refractivity contribution is -0.111. The molecule has 0 bridgehead atoms. The molecular formula is C21H17ClN6O. The number of nitrogens with zero attached hydrogens (tertiary/aromatic N) is 4. The molecule has 29 heavy (non-hydrogen) atoms. The zero-order valence-corrected chi connectivity index (χ0v) is 16.1. The number of benzene rings is 1. The van der Waals surface area contributed by atoms with Crippen molar-refractivity contribution in [2.75, 3.05) is 5.32 Å². The molecule has 1 amide bonds. The van der Waals surface area contributed by atoms with Crippen LogP contribution in [-0.2, 0) is 4.79 Å². The van der Waals surface area contributed by atoms with Gasteiger partial charge < -0.3 is 5.32 Å². The molecular weight excluding hydrogens is 388 g/mol. The van der Waals surface area contributed by atoms with Gasteiger partial charge in [-0.3, -0.25) is 14.3 Å². The molecule has 1 saturated carbocycles. The van der Waals surface area contributed by atoms with Crippen LogP contribution in [0.2, 0.25) is 5.15 Å². The number of amides is 1. The van der Waals surface area contributed by atoms with E-state index in [1.807, 2.05) is 53.1 Å². The summed E-state index contributed by atoms with van der Waals surface area (Å²) in [5, 5.41) is 10.5. The Morgan fingerprint density at radius 2 is 2.00 bits per heavy atom. The fraction of sp³-hybridized carbons (Fsp3) is 0.143. The maximum atomic E-state index is 12.3. The third kappa shape index (κ3) is 3.64. The number of imidazole rings is 1. The van der Waals surface area contributed by atoms with E-state index in [2.05, 4.69) is 25.5 Å². The average Bonchev–Trinajstić information content (AvgIpc) is 3.37. The minimum atomic E-state index is -0.256. The summed E-state index contributed by atoms with van der Waals surface area (Å²) in [5.74, 6) is 1.90. The van der Waals surface area contributed by atoms with E-state index in [1.165, 1.54) is 18.9 Å². The van der Waals surface area contributed by atoms with Crippen LogP contribution in [-0.4, -0.2) is 30.5 Å². The first-order chi connectivity index (χ1) is 14.2. The van der Waals surface area contributed by atoms with Crippen molar-refractivity contribution in [1.29, 1.82) is 0 Å². The summed E-state index contributed by atoms with van der Waals surface area (Å²) in [7, 11) is 0. The highest BCUT2D eigenvalue weighted by Crippen LogP contribution is 2.38. The molecule has 3 aromatic heterocycles. The fourth-order valence-electron chi connectivity index (χ4n) is 3.12. The highest BCUT2D eigenvalue weighted by atomic mass is 35.5. The molecule has 0 radical (unpaired) electrons. The van der Waals surface area contributed by atoms with E-state index >= 15 is 0 Å². The van der Waals surface area contributed by atoms with Crippen LogP contribution in [0.5, 0.6) is 0 Å². The molecule has 1 aliphatic rings. The highest BCUT2D eigenvalue weighted by Gasteiger charge is 2.27. The minimum absolute atomic E-state index is 0.256. The smallest absolute Gasteiger partial charge is 0.248 e. The first-order valence-corrected chi connectivity index (χ1v) is 9.69. The van der Waals surface area contributed by atoms with Gasteiger partial charge in [-0.25, -0.2) is 9.97 Å². The number of aromatic nitrogens is 5. The summed E-state index contributed by atoms with van der Waals surface area (Å²) in [5.41, 5.74) is 2.97. The molecule has 1 aromatic carbocycles. The third-order valence-corrected chi connectivity index (χ3v) is 5.07. The Kier molecular flexibility index (Phi) is 4.37. The lowest BCUT2D eigenvalue weighted by atomic mass is 10.2. The van der Waals surface area contributed by atoms with Gasteiger partial charge in [-0.2, -0.15) is 5.10 Å². The number of rotatable bonds is 5. The zero-order valence-electron chi connectivity index (χ0n) is 15.3. The first kappa shape index (κ1) is 17.6. The van der Waals surface area contributed by atoms with Crippen molar-refractivity contribution in [3.05, 3.63) is 71.4 Å². The normalized spacial score (nSPS) is 14.0. The summed E-state index contributed by atoms with van der Waals surface area (Å²) < 4.78 is 1.83. The third-order valence-electron chi connectivity index (χ3n) is 4.79. The monoisotopic (exact) mass is 404 g/mol. The van der Waals surface area contributed by atoms with Crippen molar-refractivity contribution >= 4 is 34.9 Å². The molecule has 0 saturated heterocycles. The number of fused-ring (bicyclic) bond motifs is 1. The standard InChI is InChI=1S/C21H17ClN6O/c22-19-16(28-12-2-1-3-17(28)24-19)10-11-18(29)23-15-8-6-14(7-9-15)21-25-20(26-27-21)13-4-5-13/h1-3,6-13H,4-5H2,(H,23,29)(H,25,26,27)/b11-10+. The van der Waals surface area contributed by atoms with Crippen LogP contribution >= 0.6 is 11.6 Å². The summed E-state index contributed by atoms with van der Waals surface area (Å²) in [6, 6.07) is 13.1. The summed E-state index contributed by atoms with van der Waals surface area (Å²) in [6.45, 7) is 0. The maximum Gasteiger partial charge on any atom is 0.248 e. The Hall–Kier alpha value is -3.45. The number of anilines is 1. The Morgan fingerprint density at radius 3 is 2.79 bits per heavy atom. The largest absolute Gasteiger partial charge is 0.323 e. The molecule has 3 heterocycles. The van der Waals surface area contributed by atoms with Gasteiger partial charge in [0.2, 0.25) is 5.91 Å². The lowest BCUT2D eigenvalue weighted by Crippen LogP contribution is -2.07. The van der Waals surface area contributed by atoms with Gasteiger partial charge in [0.15, 0.2) is 11.0 Å². The molecule has 1 fully saturated rings. The van der Waals surface area contributed by atoms with Crippen molar-refractivity contribution in [2.24, 2.45) is 0 Å². The number of nitrogens with one attached hydrogen (secondary N) is 2. The molecule has 0 aliphatic heterocycles. The highest BCUT2D eigenvalue weighted by molar-refractivity contribution is 6.31. The number of carbonyl (C=O) groups excluding carboxylic acids is 1. The minimum Gasteiger partial charge on any atom is -0.323 e. The van der Waals surface area contributed by atoms with E-state index < -0.39 is 0 Å². The van der Waals surface area contributed by atoms with Crippen LogP contribution < -0.4 is 5.32 Å². The van der Waals surface area contributed by atoms with E-state index in [4.69, 9.17) is 11.6 Å². The predicted molar refractivity (Wildman–Crippen MR) is 112 cm³/mol. The molecule has 0 atom stereocenters. The Bertz CT molecular complexity index is 1220. The number of carbonyl (C=O) groups is 1. The molecule has 0 spiro atoms. The number of pyridine rings is 1. The summed E-state index contributed by atoms with van der Waals surface area (Å²) in [6.07, 6.45) is 7.29. The molecule has 5 rings (SSSR count). The number of hydrogen-bond donors (Lipinski definition) is 2. The van der Waals surface area contributed by atoms with Crippen LogP contribution in [0.1, 0.15) is 30.3 Å². The topological polar surface area (TPSA) is 88.0 Å². The van der Waals surface area contributed by atoms with Gasteiger partial charge in [0, 0.05) is 29.4 Å². The molecule has 0 unspecified atom stereocenters. The molecule has 144 valence electrons.